The molecule has 0 amide bonds. The summed E-state index contributed by atoms with van der Waals surface area (Å²) in [4.78, 5) is 0. The van der Waals surface area contributed by atoms with Gasteiger partial charge in [-0.25, -0.2) is 0 Å². The summed E-state index contributed by atoms with van der Waals surface area (Å²) in [6, 6.07) is 8.43. The largest absolute Gasteiger partial charge is 0.462 e. The third-order valence-corrected chi connectivity index (χ3v) is 5.40. The lowest BCUT2D eigenvalue weighted by molar-refractivity contribution is -0.323. The van der Waals surface area contributed by atoms with Crippen LogP contribution in [0.1, 0.15) is 5.56 Å². The van der Waals surface area contributed by atoms with Gasteiger partial charge in [0.05, 0.1) is 25.7 Å². The molecule has 0 aromatic heterocycles. The monoisotopic (exact) mass is 457 g/mol. The normalized spacial score (nSPS) is 39.9. The molecule has 0 aliphatic carbocycles. The van der Waals surface area contributed by atoms with Crippen molar-refractivity contribution in [2.45, 2.75) is 67.8 Å². The number of ether oxygens (including phenoxy) is 4. The summed E-state index contributed by atoms with van der Waals surface area (Å²) in [5, 5.41) is 78.3. The molecule has 2 aliphatic rings. The van der Waals surface area contributed by atoms with Crippen molar-refractivity contribution in [3.8, 4) is 11.8 Å². The van der Waals surface area contributed by atoms with Crippen LogP contribution in [0.25, 0.3) is 0 Å². The van der Waals surface area contributed by atoms with Crippen LogP contribution >= 0.6 is 0 Å². The predicted molar refractivity (Wildman–Crippen MR) is 103 cm³/mol. The maximum atomic E-state index is 10.2. The molecule has 12 nitrogen and oxygen atoms in total. The van der Waals surface area contributed by atoms with Crippen LogP contribution in [-0.2, 0) is 20.6 Å². The number of aliphatic hydroxyl groups is 7. The van der Waals surface area contributed by atoms with E-state index in [1.54, 1.807) is 24.3 Å². The lowest BCUT2D eigenvalue weighted by atomic mass is 9.98. The highest BCUT2D eigenvalue weighted by atomic mass is 16.7. The molecule has 178 valence electrons. The Morgan fingerprint density at radius 2 is 1.34 bits per heavy atom. The molecule has 0 bridgehead atoms. The second kappa shape index (κ2) is 10.8. The zero-order valence-corrected chi connectivity index (χ0v) is 16.9. The van der Waals surface area contributed by atoms with Crippen LogP contribution in [0.2, 0.25) is 0 Å². The Hall–Kier alpha value is -1.89. The van der Waals surface area contributed by atoms with Gasteiger partial charge in [0.25, 0.3) is 0 Å². The van der Waals surface area contributed by atoms with Gasteiger partial charge in [0.15, 0.2) is 6.29 Å². The zero-order valence-electron chi connectivity index (χ0n) is 16.9. The van der Waals surface area contributed by atoms with E-state index in [1.165, 1.54) is 0 Å². The van der Waals surface area contributed by atoms with Crippen molar-refractivity contribution in [2.24, 2.45) is 0 Å². The molecule has 2 fully saturated rings. The molecular formula is C20H27NO11. The molecule has 0 spiro atoms. The Balaban J connectivity index is 1.63. The fourth-order valence-corrected chi connectivity index (χ4v) is 3.46. The summed E-state index contributed by atoms with van der Waals surface area (Å²) >= 11 is 0. The van der Waals surface area contributed by atoms with Crippen LogP contribution in [0.3, 0.4) is 0 Å². The van der Waals surface area contributed by atoms with Crippen molar-refractivity contribution >= 4 is 0 Å². The minimum atomic E-state index is -1.65. The molecule has 1 aromatic carbocycles. The summed E-state index contributed by atoms with van der Waals surface area (Å²) in [5.41, 5.74) is 0.756. The first kappa shape index (κ1) is 24.7. The van der Waals surface area contributed by atoms with E-state index >= 15 is 0 Å². The quantitative estimate of drug-likeness (QED) is 0.216. The second-order valence-corrected chi connectivity index (χ2v) is 7.64. The average molecular weight is 457 g/mol. The van der Waals surface area contributed by atoms with Gasteiger partial charge < -0.3 is 54.7 Å². The van der Waals surface area contributed by atoms with E-state index in [1.807, 2.05) is 6.07 Å². The van der Waals surface area contributed by atoms with E-state index in [9.17, 15) is 35.7 Å². The molecule has 0 saturated carbocycles. The summed E-state index contributed by atoms with van der Waals surface area (Å²) in [6.45, 7) is -1.09. The summed E-state index contributed by atoms with van der Waals surface area (Å²) in [6.07, 6.45) is -14.7. The molecule has 10 atom stereocenters. The summed E-state index contributed by atoms with van der Waals surface area (Å²) < 4.78 is 21.7. The van der Waals surface area contributed by atoms with Gasteiger partial charge in [-0.2, -0.15) is 5.26 Å². The average Bonchev–Trinajstić information content (AvgIpc) is 2.79. The van der Waals surface area contributed by atoms with Crippen LogP contribution in [0.4, 0.5) is 0 Å². The van der Waals surface area contributed by atoms with Gasteiger partial charge in [0.1, 0.15) is 54.6 Å². The zero-order chi connectivity index (χ0) is 23.4. The lowest BCUT2D eigenvalue weighted by Crippen LogP contribution is -2.62. The Labute approximate surface area is 183 Å². The van der Waals surface area contributed by atoms with Gasteiger partial charge in [-0.05, 0) is 17.7 Å². The first-order valence-corrected chi connectivity index (χ1v) is 10.0. The second-order valence-electron chi connectivity index (χ2n) is 7.64. The van der Waals surface area contributed by atoms with Crippen LogP contribution in [0.15, 0.2) is 24.3 Å². The Kier molecular flexibility index (Phi) is 8.37. The van der Waals surface area contributed by atoms with E-state index in [0.717, 1.165) is 5.56 Å². The number of nitriles is 1. The van der Waals surface area contributed by atoms with E-state index in [2.05, 4.69) is 0 Å². The number of rotatable bonds is 7. The van der Waals surface area contributed by atoms with Crippen molar-refractivity contribution in [3.05, 3.63) is 29.8 Å². The molecule has 2 heterocycles. The SMILES string of the molecule is N#CCc1ccc(O[C@@H]2O[C@H](CO[C@@H]3O[C@H](CO)[C@@H](O)[C@H](O)[C@H]3O)[C@@H](O)[C@H](O)[C@H]2O)cc1. The third-order valence-electron chi connectivity index (χ3n) is 5.40. The molecule has 0 unspecified atom stereocenters. The van der Waals surface area contributed by atoms with Crippen molar-refractivity contribution in [1.29, 1.82) is 5.26 Å². The van der Waals surface area contributed by atoms with Crippen molar-refractivity contribution in [3.63, 3.8) is 0 Å². The van der Waals surface area contributed by atoms with Crippen LogP contribution in [0, 0.1) is 11.3 Å². The van der Waals surface area contributed by atoms with Gasteiger partial charge in [0, 0.05) is 0 Å². The van der Waals surface area contributed by atoms with Crippen LogP contribution < -0.4 is 4.74 Å². The fourth-order valence-electron chi connectivity index (χ4n) is 3.46. The number of hydrogen-bond acceptors (Lipinski definition) is 12. The lowest BCUT2D eigenvalue weighted by Gasteiger charge is -2.42. The number of hydrogen-bond donors (Lipinski definition) is 7. The Bertz CT molecular complexity index is 770. The molecule has 2 aliphatic heterocycles. The molecule has 1 aromatic rings. The minimum Gasteiger partial charge on any atom is -0.462 e. The molecule has 32 heavy (non-hydrogen) atoms. The number of nitrogens with zero attached hydrogens (tertiary/aromatic N) is 1. The predicted octanol–water partition coefficient (Wildman–Crippen LogP) is -3.24. The van der Waals surface area contributed by atoms with Gasteiger partial charge in [-0.15, -0.1) is 0 Å². The molecule has 7 N–H and O–H groups in total. The van der Waals surface area contributed by atoms with Crippen molar-refractivity contribution in [1.82, 2.24) is 0 Å². The maximum Gasteiger partial charge on any atom is 0.229 e. The van der Waals surface area contributed by atoms with E-state index < -0.39 is 74.6 Å². The first-order valence-electron chi connectivity index (χ1n) is 10.0. The summed E-state index contributed by atoms with van der Waals surface area (Å²) in [7, 11) is 0. The molecule has 0 radical (unpaired) electrons. The highest BCUT2D eigenvalue weighted by molar-refractivity contribution is 5.28. The molecule has 12 heteroatoms. The highest BCUT2D eigenvalue weighted by Gasteiger charge is 2.47. The topological polar surface area (TPSA) is 202 Å². The standard InChI is InChI=1S/C20H27NO11/c21-6-5-9-1-3-10(4-2-9)30-20-18(28)16(26)14(24)12(32-20)8-29-19-17(27)15(25)13(23)11(7-22)31-19/h1-4,11-20,22-28H,5,7-8H2/t11-,12-,13-,14-,15+,16+,17-,18-,19-,20-/m1/s1. The summed E-state index contributed by atoms with van der Waals surface area (Å²) in [5.74, 6) is 0.285. The first-order chi connectivity index (χ1) is 15.3. The van der Waals surface area contributed by atoms with Crippen molar-refractivity contribution < 1.29 is 54.7 Å². The third kappa shape index (κ3) is 5.36. The highest BCUT2D eigenvalue weighted by Crippen LogP contribution is 2.27. The smallest absolute Gasteiger partial charge is 0.229 e. The van der Waals surface area contributed by atoms with Gasteiger partial charge in [-0.1, -0.05) is 12.1 Å². The minimum absolute atomic E-state index is 0.213. The molecule has 3 rings (SSSR count). The van der Waals surface area contributed by atoms with Crippen molar-refractivity contribution in [2.75, 3.05) is 13.2 Å². The van der Waals surface area contributed by atoms with Gasteiger partial charge in [0.2, 0.25) is 6.29 Å². The fraction of sp³-hybridized carbons (Fsp3) is 0.650. The molecule has 2 saturated heterocycles. The van der Waals surface area contributed by atoms with Gasteiger partial charge in [-0.3, -0.25) is 0 Å². The van der Waals surface area contributed by atoms with E-state index in [0.29, 0.717) is 0 Å². The Morgan fingerprint density at radius 3 is 1.94 bits per heavy atom. The van der Waals surface area contributed by atoms with Gasteiger partial charge >= 0.3 is 0 Å². The van der Waals surface area contributed by atoms with E-state index in [4.69, 9.17) is 24.2 Å². The van der Waals surface area contributed by atoms with Crippen LogP contribution in [-0.4, -0.2) is 110 Å². The van der Waals surface area contributed by atoms with Crippen LogP contribution in [0.5, 0.6) is 5.75 Å². The Morgan fingerprint density at radius 1 is 0.781 bits per heavy atom. The van der Waals surface area contributed by atoms with E-state index in [-0.39, 0.29) is 12.2 Å². The maximum absolute atomic E-state index is 10.2. The number of benzene rings is 1. The molecular weight excluding hydrogens is 430 g/mol. The number of aliphatic hydroxyl groups excluding tert-OH is 7.